The molecule has 3 rings (SSSR count). The summed E-state index contributed by atoms with van der Waals surface area (Å²) < 4.78 is 7.35. The number of ether oxygens (including phenoxy) is 1. The first-order valence-electron chi connectivity index (χ1n) is 7.01. The van der Waals surface area contributed by atoms with Crippen LogP contribution in [0.25, 0.3) is 0 Å². The number of rotatable bonds is 4. The number of benzene rings is 1. The van der Waals surface area contributed by atoms with Crippen LogP contribution in [0.4, 0.5) is 0 Å². The van der Waals surface area contributed by atoms with E-state index in [1.54, 1.807) is 28.9 Å². The molecule has 1 aromatic heterocycles. The summed E-state index contributed by atoms with van der Waals surface area (Å²) in [6, 6.07) is 6.92. The van der Waals surface area contributed by atoms with Gasteiger partial charge in [0, 0.05) is 16.1 Å². The summed E-state index contributed by atoms with van der Waals surface area (Å²) in [7, 11) is 0. The van der Waals surface area contributed by atoms with Crippen LogP contribution in [0.3, 0.4) is 0 Å². The molecule has 1 saturated carbocycles. The fraction of sp³-hybridized carbons (Fsp3) is 0.400. The quantitative estimate of drug-likeness (QED) is 0.916. The molecule has 1 fully saturated rings. The van der Waals surface area contributed by atoms with Gasteiger partial charge >= 0.3 is 0 Å². The molecule has 1 aliphatic rings. The lowest BCUT2D eigenvalue weighted by Gasteiger charge is -2.10. The van der Waals surface area contributed by atoms with Crippen LogP contribution in [0.15, 0.2) is 29.1 Å². The van der Waals surface area contributed by atoms with Crippen molar-refractivity contribution in [1.82, 2.24) is 9.78 Å². The Morgan fingerprint density at radius 3 is 2.48 bits per heavy atom. The van der Waals surface area contributed by atoms with Crippen LogP contribution in [0.5, 0.6) is 5.75 Å². The van der Waals surface area contributed by atoms with Crippen molar-refractivity contribution in [3.63, 3.8) is 0 Å². The van der Waals surface area contributed by atoms with Crippen molar-refractivity contribution in [1.29, 1.82) is 0 Å². The van der Waals surface area contributed by atoms with E-state index in [1.807, 2.05) is 0 Å². The van der Waals surface area contributed by atoms with Gasteiger partial charge in [0.05, 0.1) is 11.7 Å². The van der Waals surface area contributed by atoms with Gasteiger partial charge in [-0.05, 0) is 31.0 Å². The van der Waals surface area contributed by atoms with Crippen molar-refractivity contribution >= 4 is 23.2 Å². The molecular weight excluding hydrogens is 311 g/mol. The highest BCUT2D eigenvalue weighted by Crippen LogP contribution is 2.28. The molecule has 6 heteroatoms. The first-order chi connectivity index (χ1) is 10.1. The monoisotopic (exact) mass is 326 g/mol. The highest BCUT2D eigenvalue weighted by Gasteiger charge is 2.19. The molecule has 1 aromatic carbocycles. The molecule has 1 N–H and O–H groups in total. The zero-order valence-corrected chi connectivity index (χ0v) is 13.0. The van der Waals surface area contributed by atoms with E-state index in [4.69, 9.17) is 27.9 Å². The second kappa shape index (κ2) is 6.16. The van der Waals surface area contributed by atoms with E-state index in [0.29, 0.717) is 21.8 Å². The van der Waals surface area contributed by atoms with Gasteiger partial charge in [0.2, 0.25) is 0 Å². The second-order valence-electron chi connectivity index (χ2n) is 5.32. The molecule has 0 atom stereocenters. The maximum Gasteiger partial charge on any atom is 0.267 e. The molecule has 1 aliphatic carbocycles. The second-order valence-corrected chi connectivity index (χ2v) is 6.19. The van der Waals surface area contributed by atoms with E-state index < -0.39 is 0 Å². The topological polar surface area (TPSA) is 47.0 Å². The third kappa shape index (κ3) is 3.44. The Morgan fingerprint density at radius 2 is 1.81 bits per heavy atom. The average Bonchev–Trinajstić information content (AvgIpc) is 3.04. The number of nitrogens with zero attached hydrogens (tertiary/aromatic N) is 1. The molecule has 2 aromatic rings. The highest BCUT2D eigenvalue weighted by atomic mass is 35.5. The van der Waals surface area contributed by atoms with Gasteiger partial charge in [-0.2, -0.15) is 0 Å². The minimum absolute atomic E-state index is 0.00428. The molecule has 4 nitrogen and oxygen atoms in total. The van der Waals surface area contributed by atoms with Crippen molar-refractivity contribution in [3.05, 3.63) is 50.4 Å². The number of hydrogen-bond acceptors (Lipinski definition) is 2. The minimum atomic E-state index is 0.00428. The number of hydrogen-bond donors (Lipinski definition) is 1. The third-order valence-corrected chi connectivity index (χ3v) is 4.16. The van der Waals surface area contributed by atoms with E-state index in [0.717, 1.165) is 18.5 Å². The van der Waals surface area contributed by atoms with Crippen molar-refractivity contribution < 1.29 is 4.74 Å². The van der Waals surface area contributed by atoms with Crippen LogP contribution < -0.4 is 10.3 Å². The summed E-state index contributed by atoms with van der Waals surface area (Å²) >= 11 is 11.8. The van der Waals surface area contributed by atoms with Crippen molar-refractivity contribution in [3.8, 4) is 5.75 Å². The summed E-state index contributed by atoms with van der Waals surface area (Å²) in [6.07, 6.45) is 4.49. The van der Waals surface area contributed by atoms with Gasteiger partial charge in [0.15, 0.2) is 0 Å². The Labute approximate surface area is 132 Å². The van der Waals surface area contributed by atoms with E-state index in [2.05, 4.69) is 5.10 Å². The van der Waals surface area contributed by atoms with Crippen molar-refractivity contribution in [2.24, 2.45) is 0 Å². The van der Waals surface area contributed by atoms with Crippen molar-refractivity contribution in [2.45, 2.75) is 38.3 Å². The largest absolute Gasteiger partial charge is 0.487 e. The molecule has 1 heterocycles. The Bertz CT molecular complexity index is 667. The lowest BCUT2D eigenvalue weighted by Crippen LogP contribution is -2.19. The number of nitrogens with one attached hydrogen (secondary N) is 1. The molecule has 0 radical (unpaired) electrons. The summed E-state index contributed by atoms with van der Waals surface area (Å²) in [6.45, 7) is 0.283. The van der Waals surface area contributed by atoms with E-state index in [9.17, 15) is 4.79 Å². The lowest BCUT2D eigenvalue weighted by molar-refractivity contribution is 0.298. The van der Waals surface area contributed by atoms with Crippen LogP contribution in [0.1, 0.15) is 37.4 Å². The average molecular weight is 327 g/mol. The molecule has 0 unspecified atom stereocenters. The summed E-state index contributed by atoms with van der Waals surface area (Å²) in [5, 5.41) is 4.18. The molecule has 0 amide bonds. The van der Waals surface area contributed by atoms with E-state index in [1.165, 1.54) is 12.8 Å². The highest BCUT2D eigenvalue weighted by molar-refractivity contribution is 6.34. The molecule has 0 aliphatic heterocycles. The van der Waals surface area contributed by atoms with Gasteiger partial charge in [0.25, 0.3) is 5.56 Å². The molecule has 0 bridgehead atoms. The van der Waals surface area contributed by atoms with Gasteiger partial charge in [-0.1, -0.05) is 36.0 Å². The molecule has 112 valence electrons. The van der Waals surface area contributed by atoms with Crippen LogP contribution in [0, 0.1) is 0 Å². The summed E-state index contributed by atoms with van der Waals surface area (Å²) in [4.78, 5) is 12.0. The number of halogens is 2. The molecule has 0 saturated heterocycles. The zero-order chi connectivity index (χ0) is 14.8. The van der Waals surface area contributed by atoms with Crippen LogP contribution in [-0.4, -0.2) is 9.78 Å². The molecular formula is C15H16Cl2N2O2. The SMILES string of the molecule is O=c1cc(COc2cc(Cl)cc(Cl)c2)[nH]n1C1CCCC1. The smallest absolute Gasteiger partial charge is 0.267 e. The summed E-state index contributed by atoms with van der Waals surface area (Å²) in [5.41, 5.74) is 0.757. The fourth-order valence-electron chi connectivity index (χ4n) is 2.74. The standard InChI is InChI=1S/C15H16Cl2N2O2/c16-10-5-11(17)7-14(6-10)21-9-12-8-15(20)19(18-12)13-3-1-2-4-13/h5-8,13,18H,1-4,9H2. The Kier molecular flexibility index (Phi) is 4.27. The number of aromatic nitrogens is 2. The number of H-pyrrole nitrogens is 1. The Morgan fingerprint density at radius 1 is 1.14 bits per heavy atom. The molecule has 21 heavy (non-hydrogen) atoms. The maximum atomic E-state index is 12.0. The maximum absolute atomic E-state index is 12.0. The van der Waals surface area contributed by atoms with Gasteiger partial charge in [-0.3, -0.25) is 9.89 Å². The van der Waals surface area contributed by atoms with Gasteiger partial charge in [-0.25, -0.2) is 4.68 Å². The lowest BCUT2D eigenvalue weighted by atomic mass is 10.3. The zero-order valence-electron chi connectivity index (χ0n) is 11.4. The third-order valence-electron chi connectivity index (χ3n) is 3.72. The number of aromatic amines is 1. The Balaban J connectivity index is 1.70. The normalized spacial score (nSPS) is 15.5. The summed E-state index contributed by atoms with van der Waals surface area (Å²) in [5.74, 6) is 0.585. The fourth-order valence-corrected chi connectivity index (χ4v) is 3.25. The predicted octanol–water partition coefficient (Wildman–Crippen LogP) is 4.18. The first kappa shape index (κ1) is 14.5. The minimum Gasteiger partial charge on any atom is -0.487 e. The van der Waals surface area contributed by atoms with E-state index >= 15 is 0 Å². The van der Waals surface area contributed by atoms with Crippen LogP contribution in [-0.2, 0) is 6.61 Å². The van der Waals surface area contributed by atoms with Crippen LogP contribution in [0.2, 0.25) is 10.0 Å². The Hall–Kier alpha value is -1.39. The van der Waals surface area contributed by atoms with Gasteiger partial charge in [0.1, 0.15) is 12.4 Å². The predicted molar refractivity (Wildman–Crippen MR) is 83.4 cm³/mol. The molecule has 0 spiro atoms. The van der Waals surface area contributed by atoms with Crippen LogP contribution >= 0.6 is 23.2 Å². The van der Waals surface area contributed by atoms with Crippen molar-refractivity contribution in [2.75, 3.05) is 0 Å². The first-order valence-corrected chi connectivity index (χ1v) is 7.77. The van der Waals surface area contributed by atoms with Gasteiger partial charge in [-0.15, -0.1) is 0 Å². The van der Waals surface area contributed by atoms with E-state index in [-0.39, 0.29) is 12.2 Å². The van der Waals surface area contributed by atoms with Gasteiger partial charge < -0.3 is 4.74 Å².